The molecule has 0 atom stereocenters. The first-order valence-corrected chi connectivity index (χ1v) is 6.58. The molecule has 2 rings (SSSR count). The number of anilines is 1. The third-order valence-electron chi connectivity index (χ3n) is 3.42. The van der Waals surface area contributed by atoms with Crippen LogP contribution in [0.25, 0.3) is 0 Å². The number of ether oxygens (including phenoxy) is 1. The van der Waals surface area contributed by atoms with Gasteiger partial charge in [-0.15, -0.1) is 0 Å². The smallest absolute Gasteiger partial charge is 0.228 e. The zero-order valence-corrected chi connectivity index (χ0v) is 11.7. The predicted molar refractivity (Wildman–Crippen MR) is 72.6 cm³/mol. The van der Waals surface area contributed by atoms with Crippen molar-refractivity contribution in [1.29, 1.82) is 0 Å². The minimum atomic E-state index is -1.35. The van der Waals surface area contributed by atoms with E-state index in [1.807, 2.05) is 4.90 Å². The molecule has 0 bridgehead atoms. The zero-order valence-electron chi connectivity index (χ0n) is 11.7. The Morgan fingerprint density at radius 2 is 2.25 bits per heavy atom. The number of nitrogens with one attached hydrogen (secondary N) is 1. The maximum Gasteiger partial charge on any atom is 0.228 e. The lowest BCUT2D eigenvalue weighted by molar-refractivity contribution is -0.119. The Balaban J connectivity index is 1.94. The largest absolute Gasteiger partial charge is 0.481 e. The molecule has 2 heterocycles. The van der Waals surface area contributed by atoms with Crippen molar-refractivity contribution >= 4 is 11.9 Å². The second-order valence-corrected chi connectivity index (χ2v) is 4.95. The second-order valence-electron chi connectivity index (χ2n) is 4.95. The van der Waals surface area contributed by atoms with E-state index < -0.39 is 5.67 Å². The third-order valence-corrected chi connectivity index (χ3v) is 3.42. The first-order valence-electron chi connectivity index (χ1n) is 6.58. The third kappa shape index (κ3) is 3.55. The lowest BCUT2D eigenvalue weighted by Gasteiger charge is -2.36. The number of alkyl halides is 1. The lowest BCUT2D eigenvalue weighted by Crippen LogP contribution is -2.48. The number of piperidine rings is 1. The summed E-state index contributed by atoms with van der Waals surface area (Å²) in [5.41, 5.74) is -1.35. The van der Waals surface area contributed by atoms with Gasteiger partial charge in [0.05, 0.1) is 13.7 Å². The Bertz CT molecular complexity index is 475. The average Bonchev–Trinajstić information content (AvgIpc) is 2.46. The van der Waals surface area contributed by atoms with Gasteiger partial charge in [-0.1, -0.05) is 0 Å². The van der Waals surface area contributed by atoms with Crippen LogP contribution in [0.15, 0.2) is 12.3 Å². The SMILES string of the molecule is COc1ccnc(N2CCC(F)(CNC(C)=O)CC2)n1. The number of hydrogen-bond acceptors (Lipinski definition) is 5. The van der Waals surface area contributed by atoms with Gasteiger partial charge in [0, 0.05) is 45.1 Å². The van der Waals surface area contributed by atoms with E-state index in [4.69, 9.17) is 4.74 Å². The predicted octanol–water partition coefficient (Wildman–Crippen LogP) is 0.930. The molecule has 110 valence electrons. The highest BCUT2D eigenvalue weighted by Crippen LogP contribution is 2.28. The summed E-state index contributed by atoms with van der Waals surface area (Å²) < 4.78 is 19.5. The van der Waals surface area contributed by atoms with Crippen molar-refractivity contribution in [3.05, 3.63) is 12.3 Å². The first kappa shape index (κ1) is 14.5. The monoisotopic (exact) mass is 282 g/mol. The van der Waals surface area contributed by atoms with Crippen molar-refractivity contribution in [2.24, 2.45) is 0 Å². The molecule has 0 spiro atoms. The highest BCUT2D eigenvalue weighted by Gasteiger charge is 2.35. The minimum Gasteiger partial charge on any atom is -0.481 e. The molecule has 1 aromatic heterocycles. The van der Waals surface area contributed by atoms with Gasteiger partial charge in [-0.2, -0.15) is 4.98 Å². The van der Waals surface area contributed by atoms with Crippen molar-refractivity contribution in [2.45, 2.75) is 25.4 Å². The van der Waals surface area contributed by atoms with Gasteiger partial charge in [-0.05, 0) is 0 Å². The fraction of sp³-hybridized carbons (Fsp3) is 0.615. The molecule has 6 nitrogen and oxygen atoms in total. The fourth-order valence-electron chi connectivity index (χ4n) is 2.17. The number of halogens is 1. The topological polar surface area (TPSA) is 67.3 Å². The van der Waals surface area contributed by atoms with Gasteiger partial charge >= 0.3 is 0 Å². The molecular weight excluding hydrogens is 263 g/mol. The molecule has 20 heavy (non-hydrogen) atoms. The van der Waals surface area contributed by atoms with Crippen LogP contribution in [0.2, 0.25) is 0 Å². The zero-order chi connectivity index (χ0) is 14.6. The van der Waals surface area contributed by atoms with E-state index in [-0.39, 0.29) is 12.5 Å². The van der Waals surface area contributed by atoms with Crippen molar-refractivity contribution < 1.29 is 13.9 Å². The molecule has 0 radical (unpaired) electrons. The number of rotatable bonds is 4. The molecule has 1 aliphatic heterocycles. The number of methoxy groups -OCH3 is 1. The van der Waals surface area contributed by atoms with E-state index in [0.29, 0.717) is 37.8 Å². The van der Waals surface area contributed by atoms with E-state index in [1.54, 1.807) is 19.4 Å². The Kier molecular flexibility index (Phi) is 4.36. The molecule has 0 unspecified atom stereocenters. The van der Waals surface area contributed by atoms with Crippen LogP contribution >= 0.6 is 0 Å². The normalized spacial score (nSPS) is 17.6. The maximum absolute atomic E-state index is 14.5. The number of aromatic nitrogens is 2. The first-order chi connectivity index (χ1) is 9.52. The lowest BCUT2D eigenvalue weighted by atomic mass is 9.93. The summed E-state index contributed by atoms with van der Waals surface area (Å²) in [4.78, 5) is 21.2. The summed E-state index contributed by atoms with van der Waals surface area (Å²) in [6.07, 6.45) is 2.30. The van der Waals surface area contributed by atoms with E-state index in [2.05, 4.69) is 15.3 Å². The van der Waals surface area contributed by atoms with Crippen LogP contribution in [-0.2, 0) is 4.79 Å². The van der Waals surface area contributed by atoms with Gasteiger partial charge in [0.25, 0.3) is 0 Å². The molecule has 1 aliphatic rings. The van der Waals surface area contributed by atoms with Gasteiger partial charge < -0.3 is 15.0 Å². The Labute approximate surface area is 117 Å². The van der Waals surface area contributed by atoms with Crippen LogP contribution in [0.3, 0.4) is 0 Å². The number of carbonyl (C=O) groups excluding carboxylic acids is 1. The quantitative estimate of drug-likeness (QED) is 0.890. The average molecular weight is 282 g/mol. The van der Waals surface area contributed by atoms with E-state index >= 15 is 0 Å². The van der Waals surface area contributed by atoms with Crippen molar-refractivity contribution in [2.75, 3.05) is 31.6 Å². The molecule has 1 saturated heterocycles. The summed E-state index contributed by atoms with van der Waals surface area (Å²) >= 11 is 0. The number of hydrogen-bond donors (Lipinski definition) is 1. The van der Waals surface area contributed by atoms with Crippen LogP contribution < -0.4 is 15.0 Å². The second kappa shape index (κ2) is 6.02. The van der Waals surface area contributed by atoms with Gasteiger partial charge in [0.15, 0.2) is 0 Å². The Morgan fingerprint density at radius 3 is 2.85 bits per heavy atom. The molecule has 1 N–H and O–H groups in total. The fourth-order valence-corrected chi connectivity index (χ4v) is 2.17. The Morgan fingerprint density at radius 1 is 1.55 bits per heavy atom. The summed E-state index contributed by atoms with van der Waals surface area (Å²) in [5, 5.41) is 2.54. The molecule has 0 aromatic carbocycles. The summed E-state index contributed by atoms with van der Waals surface area (Å²) in [5.74, 6) is 0.830. The van der Waals surface area contributed by atoms with Crippen molar-refractivity contribution in [3.63, 3.8) is 0 Å². The van der Waals surface area contributed by atoms with Crippen LogP contribution in [0.1, 0.15) is 19.8 Å². The van der Waals surface area contributed by atoms with Gasteiger partial charge in [-0.25, -0.2) is 9.37 Å². The molecule has 7 heteroatoms. The number of carbonyl (C=O) groups is 1. The highest BCUT2D eigenvalue weighted by atomic mass is 19.1. The summed E-state index contributed by atoms with van der Waals surface area (Å²) in [6.45, 7) is 2.49. The van der Waals surface area contributed by atoms with Crippen molar-refractivity contribution in [3.8, 4) is 5.88 Å². The van der Waals surface area contributed by atoms with E-state index in [0.717, 1.165) is 0 Å². The minimum absolute atomic E-state index is 0.0646. The van der Waals surface area contributed by atoms with Crippen LogP contribution in [0, 0.1) is 0 Å². The van der Waals surface area contributed by atoms with Gasteiger partial charge in [-0.3, -0.25) is 4.79 Å². The molecular formula is C13H19FN4O2. The van der Waals surface area contributed by atoms with Gasteiger partial charge in [0.2, 0.25) is 17.7 Å². The molecule has 0 saturated carbocycles. The standard InChI is InChI=1S/C13H19FN4O2/c1-10(19)16-9-13(14)4-7-18(8-5-13)12-15-6-3-11(17-12)20-2/h3,6H,4-5,7-9H2,1-2H3,(H,16,19). The molecule has 0 aliphatic carbocycles. The summed E-state index contributed by atoms with van der Waals surface area (Å²) in [7, 11) is 1.54. The van der Waals surface area contributed by atoms with Crippen LogP contribution in [-0.4, -0.2) is 48.3 Å². The number of amides is 1. The van der Waals surface area contributed by atoms with Crippen LogP contribution in [0.5, 0.6) is 5.88 Å². The van der Waals surface area contributed by atoms with E-state index in [9.17, 15) is 9.18 Å². The van der Waals surface area contributed by atoms with Gasteiger partial charge in [0.1, 0.15) is 5.67 Å². The van der Waals surface area contributed by atoms with Crippen molar-refractivity contribution in [1.82, 2.24) is 15.3 Å². The summed E-state index contributed by atoms with van der Waals surface area (Å²) in [6, 6.07) is 1.67. The maximum atomic E-state index is 14.5. The highest BCUT2D eigenvalue weighted by molar-refractivity contribution is 5.72. The Hall–Kier alpha value is -1.92. The molecule has 1 aromatic rings. The van der Waals surface area contributed by atoms with Crippen LogP contribution in [0.4, 0.5) is 10.3 Å². The number of nitrogens with zero attached hydrogens (tertiary/aromatic N) is 3. The van der Waals surface area contributed by atoms with E-state index in [1.165, 1.54) is 6.92 Å². The molecule has 1 fully saturated rings. The molecule has 1 amide bonds.